The molecule has 164 valence electrons. The molecule has 0 aromatic heterocycles. The molecule has 2 aromatic carbocycles. The Labute approximate surface area is 184 Å². The molecule has 2 aliphatic rings. The number of amides is 3. The van der Waals surface area contributed by atoms with Gasteiger partial charge in [-0.25, -0.2) is 4.79 Å². The van der Waals surface area contributed by atoms with Gasteiger partial charge < -0.3 is 20.3 Å². The van der Waals surface area contributed by atoms with Crippen molar-refractivity contribution in [2.45, 2.75) is 64.5 Å². The van der Waals surface area contributed by atoms with E-state index in [0.717, 1.165) is 24.1 Å². The first-order valence-electron chi connectivity index (χ1n) is 11.2. The van der Waals surface area contributed by atoms with Crippen LogP contribution in [0.15, 0.2) is 42.5 Å². The standard InChI is InChI=1S/C25H31N3O3/c1-17(2)18-8-10-20(11-9-18)26-25(30)27-21-12-13-23-19(14-21)15-28(24(29)16-31-23)22-6-4-3-5-7-22/h8-14,17,22H,3-7,15-16H2,1-2H3,(H2,26,27,30). The lowest BCUT2D eigenvalue weighted by molar-refractivity contribution is -0.136. The summed E-state index contributed by atoms with van der Waals surface area (Å²) in [5.74, 6) is 1.20. The van der Waals surface area contributed by atoms with E-state index in [1.165, 1.54) is 24.8 Å². The van der Waals surface area contributed by atoms with Crippen molar-refractivity contribution >= 4 is 23.3 Å². The Morgan fingerprint density at radius 2 is 1.68 bits per heavy atom. The highest BCUT2D eigenvalue weighted by molar-refractivity contribution is 5.99. The van der Waals surface area contributed by atoms with Crippen molar-refractivity contribution in [1.82, 2.24) is 4.90 Å². The number of ether oxygens (including phenoxy) is 1. The zero-order chi connectivity index (χ0) is 21.8. The molecule has 31 heavy (non-hydrogen) atoms. The number of nitrogens with one attached hydrogen (secondary N) is 2. The van der Waals surface area contributed by atoms with Crippen molar-refractivity contribution in [1.29, 1.82) is 0 Å². The van der Waals surface area contributed by atoms with E-state index in [4.69, 9.17) is 4.74 Å². The summed E-state index contributed by atoms with van der Waals surface area (Å²) in [5, 5.41) is 5.77. The lowest BCUT2D eigenvalue weighted by Crippen LogP contribution is -2.42. The van der Waals surface area contributed by atoms with E-state index >= 15 is 0 Å². The normalized spacial score (nSPS) is 17.0. The first-order chi connectivity index (χ1) is 15.0. The van der Waals surface area contributed by atoms with E-state index in [-0.39, 0.29) is 24.6 Å². The Morgan fingerprint density at radius 3 is 2.39 bits per heavy atom. The highest BCUT2D eigenvalue weighted by atomic mass is 16.5. The second-order valence-corrected chi connectivity index (χ2v) is 8.78. The van der Waals surface area contributed by atoms with E-state index in [9.17, 15) is 9.59 Å². The number of fused-ring (bicyclic) bond motifs is 1. The number of hydrogen-bond acceptors (Lipinski definition) is 3. The highest BCUT2D eigenvalue weighted by Gasteiger charge is 2.29. The summed E-state index contributed by atoms with van der Waals surface area (Å²) in [6.07, 6.45) is 5.69. The molecule has 1 fully saturated rings. The van der Waals surface area contributed by atoms with Crippen molar-refractivity contribution in [3.05, 3.63) is 53.6 Å². The molecule has 6 nitrogen and oxygen atoms in total. The van der Waals surface area contributed by atoms with Crippen LogP contribution in [-0.2, 0) is 11.3 Å². The predicted octanol–water partition coefficient (Wildman–Crippen LogP) is 5.51. The van der Waals surface area contributed by atoms with Crippen molar-refractivity contribution in [2.75, 3.05) is 17.2 Å². The summed E-state index contributed by atoms with van der Waals surface area (Å²) >= 11 is 0. The fourth-order valence-electron chi connectivity index (χ4n) is 4.39. The van der Waals surface area contributed by atoms with Gasteiger partial charge in [-0.3, -0.25) is 4.79 Å². The molecule has 6 heteroatoms. The maximum absolute atomic E-state index is 12.6. The second-order valence-electron chi connectivity index (χ2n) is 8.78. The average Bonchev–Trinajstić information content (AvgIpc) is 2.93. The molecule has 1 saturated carbocycles. The Balaban J connectivity index is 1.43. The van der Waals surface area contributed by atoms with Crippen molar-refractivity contribution in [2.24, 2.45) is 0 Å². The molecular formula is C25H31N3O3. The summed E-state index contributed by atoms with van der Waals surface area (Å²) in [7, 11) is 0. The minimum absolute atomic E-state index is 0.0418. The van der Waals surface area contributed by atoms with E-state index in [0.29, 0.717) is 23.9 Å². The van der Waals surface area contributed by atoms with Crippen LogP contribution >= 0.6 is 0 Å². The largest absolute Gasteiger partial charge is 0.483 e. The van der Waals surface area contributed by atoms with E-state index in [2.05, 4.69) is 24.5 Å². The third-order valence-electron chi connectivity index (χ3n) is 6.18. The van der Waals surface area contributed by atoms with Gasteiger partial charge in [0.2, 0.25) is 0 Å². The number of carbonyl (C=O) groups is 2. The quantitative estimate of drug-likeness (QED) is 0.684. The number of hydrogen-bond donors (Lipinski definition) is 2. The third-order valence-corrected chi connectivity index (χ3v) is 6.18. The predicted molar refractivity (Wildman–Crippen MR) is 123 cm³/mol. The number of rotatable bonds is 4. The molecule has 0 atom stereocenters. The molecule has 2 N–H and O–H groups in total. The molecule has 0 radical (unpaired) electrons. The number of nitrogens with zero attached hydrogens (tertiary/aromatic N) is 1. The Bertz CT molecular complexity index is 934. The Morgan fingerprint density at radius 1 is 1.00 bits per heavy atom. The fourth-order valence-corrected chi connectivity index (χ4v) is 4.39. The molecule has 3 amide bonds. The monoisotopic (exact) mass is 421 g/mol. The maximum atomic E-state index is 12.6. The smallest absolute Gasteiger partial charge is 0.323 e. The first-order valence-corrected chi connectivity index (χ1v) is 11.2. The minimum Gasteiger partial charge on any atom is -0.483 e. The van der Waals surface area contributed by atoms with Gasteiger partial charge in [0.1, 0.15) is 5.75 Å². The average molecular weight is 422 g/mol. The molecule has 2 aromatic rings. The topological polar surface area (TPSA) is 70.7 Å². The fraction of sp³-hybridized carbons (Fsp3) is 0.440. The van der Waals surface area contributed by atoms with Gasteiger partial charge in [-0.05, 0) is 54.7 Å². The number of anilines is 2. The van der Waals surface area contributed by atoms with Gasteiger partial charge >= 0.3 is 6.03 Å². The van der Waals surface area contributed by atoms with Crippen LogP contribution in [0.1, 0.15) is 63.0 Å². The Kier molecular flexibility index (Phi) is 6.44. The van der Waals surface area contributed by atoms with Crippen LogP contribution in [0.25, 0.3) is 0 Å². The molecule has 0 bridgehead atoms. The van der Waals surface area contributed by atoms with Crippen molar-refractivity contribution in [3.63, 3.8) is 0 Å². The zero-order valence-electron chi connectivity index (χ0n) is 18.3. The molecule has 1 aliphatic carbocycles. The maximum Gasteiger partial charge on any atom is 0.323 e. The SMILES string of the molecule is CC(C)c1ccc(NC(=O)Nc2ccc3c(c2)CN(C2CCCCC2)C(=O)CO3)cc1. The summed E-state index contributed by atoms with van der Waals surface area (Å²) in [6, 6.07) is 13.4. The summed E-state index contributed by atoms with van der Waals surface area (Å²) in [6.45, 7) is 4.87. The molecule has 1 aliphatic heterocycles. The van der Waals surface area contributed by atoms with Crippen LogP contribution in [0.4, 0.5) is 16.2 Å². The number of benzene rings is 2. The van der Waals surface area contributed by atoms with E-state index in [1.54, 1.807) is 6.07 Å². The van der Waals surface area contributed by atoms with Crippen molar-refractivity contribution in [3.8, 4) is 5.75 Å². The number of carbonyl (C=O) groups excluding carboxylic acids is 2. The molecule has 1 heterocycles. The molecule has 0 unspecified atom stereocenters. The van der Waals surface area contributed by atoms with Crippen LogP contribution in [0.2, 0.25) is 0 Å². The van der Waals surface area contributed by atoms with E-state index < -0.39 is 0 Å². The second kappa shape index (κ2) is 9.41. The van der Waals surface area contributed by atoms with Crippen LogP contribution in [-0.4, -0.2) is 29.5 Å². The minimum atomic E-state index is -0.299. The van der Waals surface area contributed by atoms with Gasteiger partial charge in [-0.1, -0.05) is 45.2 Å². The first kappa shape index (κ1) is 21.2. The summed E-state index contributed by atoms with van der Waals surface area (Å²) in [4.78, 5) is 27.1. The van der Waals surface area contributed by atoms with Crippen LogP contribution in [0.5, 0.6) is 5.75 Å². The van der Waals surface area contributed by atoms with Crippen LogP contribution in [0, 0.1) is 0 Å². The summed E-state index contributed by atoms with van der Waals surface area (Å²) in [5.41, 5.74) is 3.58. The van der Waals surface area contributed by atoms with Gasteiger partial charge in [-0.2, -0.15) is 0 Å². The Hall–Kier alpha value is -3.02. The van der Waals surface area contributed by atoms with Gasteiger partial charge in [0.05, 0.1) is 0 Å². The van der Waals surface area contributed by atoms with Crippen molar-refractivity contribution < 1.29 is 14.3 Å². The van der Waals surface area contributed by atoms with Gasteiger partial charge in [0.15, 0.2) is 6.61 Å². The zero-order valence-corrected chi connectivity index (χ0v) is 18.3. The number of urea groups is 1. The highest BCUT2D eigenvalue weighted by Crippen LogP contribution is 2.31. The summed E-state index contributed by atoms with van der Waals surface area (Å²) < 4.78 is 5.75. The van der Waals surface area contributed by atoms with Crippen LogP contribution in [0.3, 0.4) is 0 Å². The molecule has 4 rings (SSSR count). The lowest BCUT2D eigenvalue weighted by atomic mass is 9.93. The van der Waals surface area contributed by atoms with E-state index in [1.807, 2.05) is 41.3 Å². The van der Waals surface area contributed by atoms with Gasteiger partial charge in [0, 0.05) is 29.5 Å². The lowest BCUT2D eigenvalue weighted by Gasteiger charge is -2.33. The molecule has 0 saturated heterocycles. The third kappa shape index (κ3) is 5.19. The molecule has 0 spiro atoms. The van der Waals surface area contributed by atoms with Crippen LogP contribution < -0.4 is 15.4 Å². The molecular weight excluding hydrogens is 390 g/mol. The van der Waals surface area contributed by atoms with Gasteiger partial charge in [0.25, 0.3) is 5.91 Å². The van der Waals surface area contributed by atoms with Gasteiger partial charge in [-0.15, -0.1) is 0 Å².